The molecule has 0 aliphatic heterocycles. The van der Waals surface area contributed by atoms with Crippen LogP contribution < -0.4 is 0 Å². The smallest absolute Gasteiger partial charge is 0.309 e. The van der Waals surface area contributed by atoms with Crippen LogP contribution in [0.2, 0.25) is 4.34 Å². The van der Waals surface area contributed by atoms with Gasteiger partial charge in [-0.25, -0.2) is 0 Å². The summed E-state index contributed by atoms with van der Waals surface area (Å²) in [6.45, 7) is 1.83. The van der Waals surface area contributed by atoms with E-state index in [2.05, 4.69) is 14.3 Å². The standard InChI is InChI=1S/C8H11ClN2O2S2/c1-5(8(12)13-2)3-14-4-6-7(9)15-11-10-6/h5H,3-4H2,1-2H3. The van der Waals surface area contributed by atoms with E-state index in [1.54, 1.807) is 11.8 Å². The molecular formula is C8H11ClN2O2S2. The third kappa shape index (κ3) is 3.96. The minimum atomic E-state index is -0.190. The number of halogens is 1. The zero-order chi connectivity index (χ0) is 11.3. The number of rotatable bonds is 5. The second-order valence-corrected chi connectivity index (χ2v) is 5.32. The summed E-state index contributed by atoms with van der Waals surface area (Å²) in [4.78, 5) is 11.1. The first-order valence-electron chi connectivity index (χ1n) is 4.27. The summed E-state index contributed by atoms with van der Waals surface area (Å²) in [5.74, 6) is 1.08. The Labute approximate surface area is 102 Å². The van der Waals surface area contributed by atoms with Crippen LogP contribution in [0.5, 0.6) is 0 Å². The number of nitrogens with zero attached hydrogens (tertiary/aromatic N) is 2. The van der Waals surface area contributed by atoms with Gasteiger partial charge >= 0.3 is 5.97 Å². The van der Waals surface area contributed by atoms with Crippen LogP contribution in [0.4, 0.5) is 0 Å². The molecule has 0 fully saturated rings. The minimum absolute atomic E-state index is 0.106. The van der Waals surface area contributed by atoms with Crippen molar-refractivity contribution in [3.8, 4) is 0 Å². The van der Waals surface area contributed by atoms with Crippen LogP contribution in [0.25, 0.3) is 0 Å². The molecule has 0 amide bonds. The lowest BCUT2D eigenvalue weighted by molar-refractivity contribution is -0.143. The highest BCUT2D eigenvalue weighted by molar-refractivity contribution is 7.98. The molecule has 84 valence electrons. The van der Waals surface area contributed by atoms with Crippen molar-refractivity contribution >= 4 is 40.9 Å². The topological polar surface area (TPSA) is 52.1 Å². The van der Waals surface area contributed by atoms with Crippen molar-refractivity contribution in [3.63, 3.8) is 0 Å². The number of ether oxygens (including phenoxy) is 1. The Bertz CT molecular complexity index is 332. The minimum Gasteiger partial charge on any atom is -0.469 e. The first-order chi connectivity index (χ1) is 7.15. The Morgan fingerprint density at radius 1 is 1.73 bits per heavy atom. The number of carbonyl (C=O) groups is 1. The number of aromatic nitrogens is 2. The fraction of sp³-hybridized carbons (Fsp3) is 0.625. The van der Waals surface area contributed by atoms with Crippen molar-refractivity contribution in [1.82, 2.24) is 9.59 Å². The van der Waals surface area contributed by atoms with E-state index in [0.29, 0.717) is 15.8 Å². The van der Waals surface area contributed by atoms with Gasteiger partial charge in [-0.2, -0.15) is 11.8 Å². The van der Waals surface area contributed by atoms with Gasteiger partial charge in [-0.3, -0.25) is 4.79 Å². The summed E-state index contributed by atoms with van der Waals surface area (Å²) in [6, 6.07) is 0. The van der Waals surface area contributed by atoms with Crippen LogP contribution in [0, 0.1) is 5.92 Å². The number of hydrogen-bond acceptors (Lipinski definition) is 6. The molecule has 0 saturated heterocycles. The van der Waals surface area contributed by atoms with Crippen molar-refractivity contribution in [2.75, 3.05) is 12.9 Å². The zero-order valence-electron chi connectivity index (χ0n) is 8.40. The maximum absolute atomic E-state index is 11.1. The Morgan fingerprint density at radius 3 is 3.00 bits per heavy atom. The predicted molar refractivity (Wildman–Crippen MR) is 62.3 cm³/mol. The third-order valence-electron chi connectivity index (χ3n) is 1.72. The van der Waals surface area contributed by atoms with Crippen LogP contribution in [-0.2, 0) is 15.3 Å². The molecule has 0 spiro atoms. The van der Waals surface area contributed by atoms with Gasteiger partial charge in [0.1, 0.15) is 10.0 Å². The first kappa shape index (κ1) is 12.7. The number of hydrogen-bond donors (Lipinski definition) is 0. The molecule has 0 aliphatic rings. The lowest BCUT2D eigenvalue weighted by Gasteiger charge is -2.07. The molecule has 4 nitrogen and oxygen atoms in total. The quantitative estimate of drug-likeness (QED) is 0.765. The van der Waals surface area contributed by atoms with E-state index in [1.807, 2.05) is 6.92 Å². The van der Waals surface area contributed by atoms with Crippen molar-refractivity contribution < 1.29 is 9.53 Å². The first-order valence-corrected chi connectivity index (χ1v) is 6.58. The second-order valence-electron chi connectivity index (χ2n) is 2.93. The van der Waals surface area contributed by atoms with Gasteiger partial charge in [-0.05, 0) is 0 Å². The molecule has 1 unspecified atom stereocenters. The van der Waals surface area contributed by atoms with Gasteiger partial charge in [0.2, 0.25) is 0 Å². The van der Waals surface area contributed by atoms with E-state index in [1.165, 1.54) is 18.6 Å². The molecule has 0 radical (unpaired) electrons. The van der Waals surface area contributed by atoms with Gasteiger partial charge < -0.3 is 4.74 Å². The second kappa shape index (κ2) is 6.30. The van der Waals surface area contributed by atoms with Gasteiger partial charge in [-0.1, -0.05) is 23.0 Å². The Balaban J connectivity index is 2.28. The van der Waals surface area contributed by atoms with E-state index in [0.717, 1.165) is 5.69 Å². The normalized spacial score (nSPS) is 12.5. The van der Waals surface area contributed by atoms with Gasteiger partial charge in [0.15, 0.2) is 0 Å². The monoisotopic (exact) mass is 266 g/mol. The molecule has 1 rings (SSSR count). The highest BCUT2D eigenvalue weighted by Gasteiger charge is 2.13. The molecule has 15 heavy (non-hydrogen) atoms. The Morgan fingerprint density at radius 2 is 2.47 bits per heavy atom. The number of thioether (sulfide) groups is 1. The molecular weight excluding hydrogens is 256 g/mol. The van der Waals surface area contributed by atoms with E-state index < -0.39 is 0 Å². The maximum atomic E-state index is 11.1. The van der Waals surface area contributed by atoms with Crippen molar-refractivity contribution in [1.29, 1.82) is 0 Å². The lowest BCUT2D eigenvalue weighted by atomic mass is 10.2. The van der Waals surface area contributed by atoms with E-state index in [-0.39, 0.29) is 11.9 Å². The molecule has 0 aromatic carbocycles. The summed E-state index contributed by atoms with van der Waals surface area (Å²) < 4.78 is 8.96. The highest BCUT2D eigenvalue weighted by atomic mass is 35.5. The molecule has 1 atom stereocenters. The van der Waals surface area contributed by atoms with Crippen molar-refractivity contribution in [2.24, 2.45) is 5.92 Å². The molecule has 1 aromatic rings. The van der Waals surface area contributed by atoms with Crippen molar-refractivity contribution in [3.05, 3.63) is 10.0 Å². The summed E-state index contributed by atoms with van der Waals surface area (Å²) in [7, 11) is 1.39. The average molecular weight is 267 g/mol. The summed E-state index contributed by atoms with van der Waals surface area (Å²) in [6.07, 6.45) is 0. The molecule has 1 heterocycles. The van der Waals surface area contributed by atoms with Gasteiger partial charge in [0, 0.05) is 23.0 Å². The van der Waals surface area contributed by atoms with Crippen LogP contribution >= 0.6 is 34.9 Å². The number of methoxy groups -OCH3 is 1. The molecule has 1 aromatic heterocycles. The Hall–Kier alpha value is -0.330. The SMILES string of the molecule is COC(=O)C(C)CSCc1nnsc1Cl. The summed E-state index contributed by atoms with van der Waals surface area (Å²) in [5, 5.41) is 3.88. The fourth-order valence-corrected chi connectivity index (χ4v) is 2.68. The lowest BCUT2D eigenvalue weighted by Crippen LogP contribution is -2.14. The number of carbonyl (C=O) groups excluding carboxylic acids is 1. The molecule has 0 aliphatic carbocycles. The fourth-order valence-electron chi connectivity index (χ4n) is 0.885. The molecule has 7 heteroatoms. The summed E-state index contributed by atoms with van der Waals surface area (Å²) >= 11 is 8.60. The molecule has 0 bridgehead atoms. The van der Waals surface area contributed by atoms with E-state index >= 15 is 0 Å². The third-order valence-corrected chi connectivity index (χ3v) is 3.92. The molecule has 0 N–H and O–H groups in total. The van der Waals surface area contributed by atoms with Gasteiger partial charge in [-0.15, -0.1) is 5.10 Å². The largest absolute Gasteiger partial charge is 0.469 e. The van der Waals surface area contributed by atoms with Gasteiger partial charge in [0.05, 0.1) is 13.0 Å². The number of esters is 1. The predicted octanol–water partition coefficient (Wildman–Crippen LogP) is 2.23. The van der Waals surface area contributed by atoms with E-state index in [4.69, 9.17) is 11.6 Å². The summed E-state index contributed by atoms with van der Waals surface area (Å²) in [5.41, 5.74) is 0.781. The molecule has 0 saturated carbocycles. The van der Waals surface area contributed by atoms with Crippen LogP contribution in [-0.4, -0.2) is 28.4 Å². The maximum Gasteiger partial charge on any atom is 0.309 e. The average Bonchev–Trinajstić information content (AvgIpc) is 2.63. The van der Waals surface area contributed by atoms with Gasteiger partial charge in [0.25, 0.3) is 0 Å². The van der Waals surface area contributed by atoms with Crippen molar-refractivity contribution in [2.45, 2.75) is 12.7 Å². The van der Waals surface area contributed by atoms with E-state index in [9.17, 15) is 4.79 Å². The van der Waals surface area contributed by atoms with Crippen LogP contribution in [0.15, 0.2) is 0 Å². The Kier molecular flexibility index (Phi) is 5.35. The zero-order valence-corrected chi connectivity index (χ0v) is 10.8. The highest BCUT2D eigenvalue weighted by Crippen LogP contribution is 2.23. The van der Waals surface area contributed by atoms with Crippen LogP contribution in [0.3, 0.4) is 0 Å². The van der Waals surface area contributed by atoms with Crippen LogP contribution in [0.1, 0.15) is 12.6 Å².